The van der Waals surface area contributed by atoms with Crippen LogP contribution in [-0.4, -0.2) is 4.98 Å². The molecule has 0 amide bonds. The van der Waals surface area contributed by atoms with Gasteiger partial charge in [0.25, 0.3) is 5.56 Å². The number of aryl methyl sites for hydroxylation is 1. The molecule has 2 aromatic carbocycles. The normalized spacial score (nSPS) is 10.8. The van der Waals surface area contributed by atoms with Gasteiger partial charge in [0.05, 0.1) is 5.03 Å². The molecule has 120 valence electrons. The molecule has 6 heteroatoms. The lowest BCUT2D eigenvalue weighted by molar-refractivity contribution is 0.629. The fourth-order valence-corrected chi connectivity index (χ4v) is 3.74. The van der Waals surface area contributed by atoms with Gasteiger partial charge in [0.15, 0.2) is 0 Å². The van der Waals surface area contributed by atoms with Crippen LogP contribution in [-0.2, 0) is 5.75 Å². The maximum atomic E-state index is 13.6. The smallest absolute Gasteiger partial charge is 0.267 e. The van der Waals surface area contributed by atoms with Crippen LogP contribution in [0, 0.1) is 24.1 Å². The third-order valence-corrected chi connectivity index (χ3v) is 5.05. The van der Waals surface area contributed by atoms with Gasteiger partial charge in [0.2, 0.25) is 0 Å². The largest absolute Gasteiger partial charge is 0.315 e. The second kappa shape index (κ2) is 6.68. The molecule has 0 unspecified atom stereocenters. The Bertz CT molecular complexity index is 1040. The molecule has 0 aliphatic carbocycles. The monoisotopic (exact) mass is 358 g/mol. The van der Waals surface area contributed by atoms with Gasteiger partial charge in [-0.25, -0.2) is 4.39 Å². The lowest BCUT2D eigenvalue weighted by Crippen LogP contribution is -2.12. The number of nitrogens with zero attached hydrogens (tertiary/aromatic N) is 1. The predicted octanol–water partition coefficient (Wildman–Crippen LogP) is 4.79. The van der Waals surface area contributed by atoms with Crippen molar-refractivity contribution < 1.29 is 4.39 Å². The summed E-state index contributed by atoms with van der Waals surface area (Å²) in [5.74, 6) is 0.152. The molecule has 0 atom stereocenters. The molecular formula is C18H12ClFN2OS. The summed E-state index contributed by atoms with van der Waals surface area (Å²) in [7, 11) is 0. The molecule has 0 aliphatic rings. The third-order valence-electron chi connectivity index (χ3n) is 3.74. The Hall–Kier alpha value is -2.29. The molecule has 0 saturated heterocycles. The van der Waals surface area contributed by atoms with Crippen LogP contribution >= 0.6 is 23.4 Å². The van der Waals surface area contributed by atoms with Gasteiger partial charge in [-0.15, -0.1) is 11.8 Å². The second-order valence-corrected chi connectivity index (χ2v) is 6.74. The van der Waals surface area contributed by atoms with Crippen LogP contribution in [0.5, 0.6) is 0 Å². The van der Waals surface area contributed by atoms with Gasteiger partial charge < -0.3 is 4.98 Å². The van der Waals surface area contributed by atoms with Gasteiger partial charge >= 0.3 is 0 Å². The van der Waals surface area contributed by atoms with Crippen LogP contribution in [0.2, 0.25) is 5.02 Å². The van der Waals surface area contributed by atoms with Crippen LogP contribution in [0.15, 0.2) is 46.2 Å². The molecule has 3 nitrogen and oxygen atoms in total. The zero-order valence-electron chi connectivity index (χ0n) is 12.7. The highest BCUT2D eigenvalue weighted by Gasteiger charge is 2.12. The fraction of sp³-hybridized carbons (Fsp3) is 0.111. The van der Waals surface area contributed by atoms with Crippen LogP contribution in [0.4, 0.5) is 4.39 Å². The molecular weight excluding hydrogens is 347 g/mol. The number of pyridine rings is 1. The maximum absolute atomic E-state index is 13.6. The van der Waals surface area contributed by atoms with E-state index in [1.807, 2.05) is 31.2 Å². The highest BCUT2D eigenvalue weighted by Crippen LogP contribution is 2.30. The molecule has 1 heterocycles. The van der Waals surface area contributed by atoms with Crippen molar-refractivity contribution in [3.8, 4) is 6.07 Å². The summed E-state index contributed by atoms with van der Waals surface area (Å²) >= 11 is 7.40. The van der Waals surface area contributed by atoms with Crippen molar-refractivity contribution in [3.05, 3.63) is 74.3 Å². The van der Waals surface area contributed by atoms with E-state index in [2.05, 4.69) is 4.98 Å². The summed E-state index contributed by atoms with van der Waals surface area (Å²) in [6, 6.07) is 11.5. The number of rotatable bonds is 3. The number of nitrogens with one attached hydrogen (secondary N) is 1. The number of halogens is 2. The van der Waals surface area contributed by atoms with Crippen LogP contribution in [0.25, 0.3) is 10.8 Å². The number of nitriles is 1. The van der Waals surface area contributed by atoms with Crippen LogP contribution in [0.1, 0.15) is 16.7 Å². The maximum Gasteiger partial charge on any atom is 0.267 e. The van der Waals surface area contributed by atoms with Crippen molar-refractivity contribution >= 4 is 34.1 Å². The highest BCUT2D eigenvalue weighted by atomic mass is 35.5. The quantitative estimate of drug-likeness (QED) is 0.684. The second-order valence-electron chi connectivity index (χ2n) is 5.32. The average molecular weight is 359 g/mol. The molecule has 0 spiro atoms. The molecule has 0 radical (unpaired) electrons. The molecule has 3 aromatic rings. The number of aromatic amines is 1. The number of fused-ring (bicyclic) bond motifs is 1. The van der Waals surface area contributed by atoms with E-state index in [4.69, 9.17) is 16.9 Å². The number of aromatic nitrogens is 1. The Balaban J connectivity index is 2.07. The summed E-state index contributed by atoms with van der Waals surface area (Å²) in [5, 5.41) is 11.3. The van der Waals surface area contributed by atoms with E-state index in [-0.39, 0.29) is 5.56 Å². The molecule has 1 N–H and O–H groups in total. The van der Waals surface area contributed by atoms with Gasteiger partial charge in [-0.3, -0.25) is 4.79 Å². The first kappa shape index (κ1) is 16.6. The Morgan fingerprint density at radius 2 is 2.04 bits per heavy atom. The summed E-state index contributed by atoms with van der Waals surface area (Å²) in [6.45, 7) is 1.98. The first-order chi connectivity index (χ1) is 11.5. The van der Waals surface area contributed by atoms with Crippen molar-refractivity contribution in [2.24, 2.45) is 0 Å². The van der Waals surface area contributed by atoms with Crippen molar-refractivity contribution in [2.45, 2.75) is 17.7 Å². The molecule has 0 aliphatic heterocycles. The minimum atomic E-state index is -0.470. The Labute approximate surface area is 147 Å². The van der Waals surface area contributed by atoms with Gasteiger partial charge in [0, 0.05) is 21.5 Å². The van der Waals surface area contributed by atoms with E-state index < -0.39 is 11.4 Å². The fourth-order valence-electron chi connectivity index (χ4n) is 2.45. The molecule has 1 aromatic heterocycles. The van der Waals surface area contributed by atoms with Crippen molar-refractivity contribution in [1.29, 1.82) is 5.26 Å². The lowest BCUT2D eigenvalue weighted by atomic mass is 10.1. The minimum Gasteiger partial charge on any atom is -0.315 e. The zero-order chi connectivity index (χ0) is 17.3. The van der Waals surface area contributed by atoms with E-state index in [9.17, 15) is 9.18 Å². The molecule has 0 bridgehead atoms. The Kier molecular flexibility index (Phi) is 4.61. The predicted molar refractivity (Wildman–Crippen MR) is 95.0 cm³/mol. The summed E-state index contributed by atoms with van der Waals surface area (Å²) in [5.41, 5.74) is 1.64. The zero-order valence-corrected chi connectivity index (χ0v) is 14.3. The molecule has 0 fully saturated rings. The van der Waals surface area contributed by atoms with Crippen LogP contribution < -0.4 is 5.56 Å². The number of hydrogen-bond donors (Lipinski definition) is 1. The van der Waals surface area contributed by atoms with Gasteiger partial charge in [-0.1, -0.05) is 17.7 Å². The summed E-state index contributed by atoms with van der Waals surface area (Å²) in [6.07, 6.45) is 0. The van der Waals surface area contributed by atoms with E-state index >= 15 is 0 Å². The highest BCUT2D eigenvalue weighted by molar-refractivity contribution is 7.98. The van der Waals surface area contributed by atoms with Crippen molar-refractivity contribution in [1.82, 2.24) is 4.98 Å². The van der Waals surface area contributed by atoms with Gasteiger partial charge in [0.1, 0.15) is 17.4 Å². The lowest BCUT2D eigenvalue weighted by Gasteiger charge is -2.09. The van der Waals surface area contributed by atoms with Gasteiger partial charge in [-0.2, -0.15) is 5.26 Å². The van der Waals surface area contributed by atoms with Crippen molar-refractivity contribution in [2.75, 3.05) is 0 Å². The average Bonchev–Trinajstić information content (AvgIpc) is 2.56. The van der Waals surface area contributed by atoms with E-state index in [0.717, 1.165) is 11.1 Å². The first-order valence-corrected chi connectivity index (χ1v) is 8.49. The first-order valence-electron chi connectivity index (χ1n) is 7.13. The molecule has 3 rings (SSSR count). The standard InChI is InChI=1S/C18H12ClFN2OS/c1-10-2-3-12(19)6-11(10)9-24-18-15-7-13(20)4-5-14(15)16(8-21)17(23)22-18/h2-7H,9H2,1H3,(H,22,23). The Morgan fingerprint density at radius 3 is 2.79 bits per heavy atom. The third kappa shape index (κ3) is 3.16. The number of benzene rings is 2. The SMILES string of the molecule is Cc1ccc(Cl)cc1CSc1[nH]c(=O)c(C#N)c2ccc(F)cc12. The number of thioether (sulfide) groups is 1. The Morgan fingerprint density at radius 1 is 1.25 bits per heavy atom. The van der Waals surface area contributed by atoms with Gasteiger partial charge in [-0.05, 0) is 48.4 Å². The van der Waals surface area contributed by atoms with Crippen molar-refractivity contribution in [3.63, 3.8) is 0 Å². The molecule has 0 saturated carbocycles. The summed E-state index contributed by atoms with van der Waals surface area (Å²) in [4.78, 5) is 14.8. The number of hydrogen-bond acceptors (Lipinski definition) is 3. The summed E-state index contributed by atoms with van der Waals surface area (Å²) < 4.78 is 13.6. The van der Waals surface area contributed by atoms with E-state index in [1.54, 1.807) is 0 Å². The molecule has 24 heavy (non-hydrogen) atoms. The topological polar surface area (TPSA) is 56.6 Å². The minimum absolute atomic E-state index is 0.00622. The van der Waals surface area contributed by atoms with E-state index in [1.165, 1.54) is 30.0 Å². The number of H-pyrrole nitrogens is 1. The van der Waals surface area contributed by atoms with Crippen LogP contribution in [0.3, 0.4) is 0 Å². The van der Waals surface area contributed by atoms with E-state index in [0.29, 0.717) is 26.6 Å².